The zero-order chi connectivity index (χ0) is 19.0. The fraction of sp³-hybridized carbons (Fsp3) is 0.200. The Hall–Kier alpha value is -2.93. The quantitative estimate of drug-likeness (QED) is 0.802. The van der Waals surface area contributed by atoms with Crippen molar-refractivity contribution in [3.8, 4) is 11.5 Å². The summed E-state index contributed by atoms with van der Waals surface area (Å²) in [6, 6.07) is 11.4. The summed E-state index contributed by atoms with van der Waals surface area (Å²) in [6.07, 6.45) is 1.70. The maximum absolute atomic E-state index is 12.6. The van der Waals surface area contributed by atoms with Gasteiger partial charge in [0.15, 0.2) is 11.5 Å². The highest BCUT2D eigenvalue weighted by Crippen LogP contribution is 2.36. The lowest BCUT2D eigenvalue weighted by atomic mass is 10.1. The van der Waals surface area contributed by atoms with Crippen LogP contribution in [0.4, 0.5) is 10.5 Å². The number of aryl methyl sites for hydroxylation is 2. The number of thioether (sulfide) groups is 1. The maximum atomic E-state index is 12.6. The molecule has 0 unspecified atom stereocenters. The minimum Gasteiger partial charge on any atom is -0.454 e. The molecule has 0 bridgehead atoms. The van der Waals surface area contributed by atoms with Gasteiger partial charge in [0.25, 0.3) is 11.1 Å². The van der Waals surface area contributed by atoms with E-state index in [0.717, 1.165) is 28.6 Å². The molecule has 0 saturated carbocycles. The molecule has 138 valence electrons. The molecule has 1 saturated heterocycles. The first-order chi connectivity index (χ1) is 13.0. The summed E-state index contributed by atoms with van der Waals surface area (Å²) in [5, 5.41) is 2.85. The summed E-state index contributed by atoms with van der Waals surface area (Å²) in [5.41, 5.74) is 4.00. The number of rotatable bonds is 4. The molecular formula is C20H18N2O4S. The topological polar surface area (TPSA) is 67.9 Å². The summed E-state index contributed by atoms with van der Waals surface area (Å²) >= 11 is 0.937. The average Bonchev–Trinajstić information content (AvgIpc) is 3.21. The van der Waals surface area contributed by atoms with Gasteiger partial charge in [-0.2, -0.15) is 0 Å². The van der Waals surface area contributed by atoms with E-state index in [1.54, 1.807) is 18.2 Å². The molecule has 0 radical (unpaired) electrons. The second-order valence-electron chi connectivity index (χ2n) is 6.36. The van der Waals surface area contributed by atoms with Gasteiger partial charge in [0.2, 0.25) is 6.79 Å². The van der Waals surface area contributed by atoms with Crippen molar-refractivity contribution in [2.45, 2.75) is 13.8 Å². The van der Waals surface area contributed by atoms with Crippen molar-refractivity contribution in [1.29, 1.82) is 0 Å². The van der Waals surface area contributed by atoms with E-state index in [4.69, 9.17) is 9.47 Å². The van der Waals surface area contributed by atoms with Gasteiger partial charge < -0.3 is 14.8 Å². The third kappa shape index (κ3) is 3.50. The molecule has 6 nitrogen and oxygen atoms in total. The molecule has 2 amide bonds. The third-order valence-electron chi connectivity index (χ3n) is 4.52. The zero-order valence-corrected chi connectivity index (χ0v) is 15.8. The molecule has 1 fully saturated rings. The molecule has 0 aromatic heterocycles. The van der Waals surface area contributed by atoms with Gasteiger partial charge in [-0.3, -0.25) is 14.5 Å². The van der Waals surface area contributed by atoms with Crippen LogP contribution in [0, 0.1) is 13.8 Å². The van der Waals surface area contributed by atoms with Crippen molar-refractivity contribution in [2.75, 3.05) is 18.8 Å². The second-order valence-corrected chi connectivity index (χ2v) is 7.35. The Morgan fingerprint density at radius 2 is 1.89 bits per heavy atom. The van der Waals surface area contributed by atoms with E-state index in [0.29, 0.717) is 16.4 Å². The molecule has 27 heavy (non-hydrogen) atoms. The highest BCUT2D eigenvalue weighted by atomic mass is 32.2. The Kier molecular flexibility index (Phi) is 4.53. The van der Waals surface area contributed by atoms with Crippen molar-refractivity contribution < 1.29 is 19.1 Å². The number of nitrogens with zero attached hydrogens (tertiary/aromatic N) is 1. The number of amides is 2. The minimum atomic E-state index is -0.306. The lowest BCUT2D eigenvalue weighted by molar-refractivity contribution is -0.122. The van der Waals surface area contributed by atoms with Crippen LogP contribution in [0.1, 0.15) is 16.7 Å². The fourth-order valence-corrected chi connectivity index (χ4v) is 3.65. The van der Waals surface area contributed by atoms with Crippen LogP contribution in [0.3, 0.4) is 0 Å². The lowest BCUT2D eigenvalue weighted by Crippen LogP contribution is -2.33. The Morgan fingerprint density at radius 3 is 2.70 bits per heavy atom. The molecule has 2 heterocycles. The van der Waals surface area contributed by atoms with Gasteiger partial charge in [-0.1, -0.05) is 12.1 Å². The summed E-state index contributed by atoms with van der Waals surface area (Å²) in [5.74, 6) is 1.01. The predicted molar refractivity (Wildman–Crippen MR) is 105 cm³/mol. The first-order valence-electron chi connectivity index (χ1n) is 8.47. The number of benzene rings is 2. The predicted octanol–water partition coefficient (Wildman–Crippen LogP) is 4.14. The van der Waals surface area contributed by atoms with Crippen LogP contribution in [0.15, 0.2) is 41.3 Å². The van der Waals surface area contributed by atoms with Crippen LogP contribution < -0.4 is 14.8 Å². The number of hydrogen-bond acceptors (Lipinski definition) is 6. The second kappa shape index (κ2) is 7.00. The SMILES string of the molecule is Cc1ccc(NCN2C(=O)SC(=Cc3ccc4c(c3)OCO4)C2=O)cc1C. The summed E-state index contributed by atoms with van der Waals surface area (Å²) in [4.78, 5) is 26.5. The number of carbonyl (C=O) groups is 2. The number of anilines is 1. The van der Waals surface area contributed by atoms with Gasteiger partial charge >= 0.3 is 0 Å². The van der Waals surface area contributed by atoms with Crippen molar-refractivity contribution >= 4 is 34.7 Å². The Balaban J connectivity index is 1.47. The normalized spacial score (nSPS) is 17.1. The van der Waals surface area contributed by atoms with E-state index < -0.39 is 0 Å². The first-order valence-corrected chi connectivity index (χ1v) is 9.29. The van der Waals surface area contributed by atoms with E-state index in [9.17, 15) is 9.59 Å². The maximum Gasteiger partial charge on any atom is 0.295 e. The van der Waals surface area contributed by atoms with Gasteiger partial charge in [-0.05, 0) is 72.6 Å². The molecular weight excluding hydrogens is 364 g/mol. The van der Waals surface area contributed by atoms with Gasteiger partial charge in [0, 0.05) is 5.69 Å². The monoisotopic (exact) mass is 382 g/mol. The van der Waals surface area contributed by atoms with E-state index in [1.807, 2.05) is 38.1 Å². The fourth-order valence-electron chi connectivity index (χ4n) is 2.81. The largest absolute Gasteiger partial charge is 0.454 e. The standard InChI is InChI=1S/C20H18N2O4S/c1-12-3-5-15(7-13(12)2)21-10-22-19(23)18(27-20(22)24)9-14-4-6-16-17(8-14)26-11-25-16/h3-9,21H,10-11H2,1-2H3. The highest BCUT2D eigenvalue weighted by Gasteiger charge is 2.34. The Bertz CT molecular complexity index is 970. The molecule has 0 aliphatic carbocycles. The van der Waals surface area contributed by atoms with Crippen LogP contribution in [0.25, 0.3) is 6.08 Å². The summed E-state index contributed by atoms with van der Waals surface area (Å²) < 4.78 is 10.6. The number of carbonyl (C=O) groups excluding carboxylic acids is 2. The minimum absolute atomic E-state index is 0.131. The van der Waals surface area contributed by atoms with Crippen LogP contribution in [-0.4, -0.2) is 29.5 Å². The third-order valence-corrected chi connectivity index (χ3v) is 5.42. The number of imide groups is 1. The van der Waals surface area contributed by atoms with Crippen molar-refractivity contribution in [3.05, 3.63) is 58.0 Å². The van der Waals surface area contributed by atoms with Gasteiger partial charge in [-0.15, -0.1) is 0 Å². The van der Waals surface area contributed by atoms with Crippen LogP contribution in [0.2, 0.25) is 0 Å². The van der Waals surface area contributed by atoms with E-state index in [1.165, 1.54) is 10.5 Å². The van der Waals surface area contributed by atoms with Crippen LogP contribution in [-0.2, 0) is 4.79 Å². The number of nitrogens with one attached hydrogen (secondary N) is 1. The van der Waals surface area contributed by atoms with Crippen LogP contribution in [0.5, 0.6) is 11.5 Å². The van der Waals surface area contributed by atoms with Crippen molar-refractivity contribution in [2.24, 2.45) is 0 Å². The van der Waals surface area contributed by atoms with Crippen molar-refractivity contribution in [1.82, 2.24) is 4.90 Å². The summed E-state index contributed by atoms with van der Waals surface area (Å²) in [6.45, 7) is 4.39. The van der Waals surface area contributed by atoms with Gasteiger partial charge in [0.1, 0.15) is 0 Å². The Labute approximate surface area is 161 Å². The molecule has 0 spiro atoms. The molecule has 4 rings (SSSR count). The van der Waals surface area contributed by atoms with E-state index >= 15 is 0 Å². The lowest BCUT2D eigenvalue weighted by Gasteiger charge is -2.15. The van der Waals surface area contributed by atoms with Crippen LogP contribution >= 0.6 is 11.8 Å². The zero-order valence-electron chi connectivity index (χ0n) is 14.9. The molecule has 0 atom stereocenters. The number of ether oxygens (including phenoxy) is 2. The number of hydrogen-bond donors (Lipinski definition) is 1. The average molecular weight is 382 g/mol. The highest BCUT2D eigenvalue weighted by molar-refractivity contribution is 8.18. The van der Waals surface area contributed by atoms with Crippen molar-refractivity contribution in [3.63, 3.8) is 0 Å². The molecule has 2 aromatic rings. The smallest absolute Gasteiger partial charge is 0.295 e. The molecule has 2 aromatic carbocycles. The van der Waals surface area contributed by atoms with Gasteiger partial charge in [0.05, 0.1) is 11.6 Å². The number of fused-ring (bicyclic) bond motifs is 1. The molecule has 1 N–H and O–H groups in total. The molecule has 2 aliphatic heterocycles. The van der Waals surface area contributed by atoms with E-state index in [2.05, 4.69) is 5.32 Å². The Morgan fingerprint density at radius 1 is 1.07 bits per heavy atom. The first kappa shape index (κ1) is 17.5. The molecule has 2 aliphatic rings. The summed E-state index contributed by atoms with van der Waals surface area (Å²) in [7, 11) is 0. The molecule has 7 heteroatoms. The van der Waals surface area contributed by atoms with Gasteiger partial charge in [-0.25, -0.2) is 0 Å². The van der Waals surface area contributed by atoms with E-state index in [-0.39, 0.29) is 24.6 Å².